The monoisotopic (exact) mass is 796 g/mol. The number of aryl methyl sites for hydroxylation is 1. The fourth-order valence-electron chi connectivity index (χ4n) is 7.29. The van der Waals surface area contributed by atoms with Gasteiger partial charge in [-0.2, -0.15) is 4.98 Å². The van der Waals surface area contributed by atoms with Gasteiger partial charge < -0.3 is 35.1 Å². The first kappa shape index (κ1) is 38.6. The van der Waals surface area contributed by atoms with E-state index in [1.165, 1.54) is 34.8 Å². The third kappa shape index (κ3) is 8.16. The molecule has 4 aromatic rings. The number of piperazine rings is 1. The van der Waals surface area contributed by atoms with Crippen molar-refractivity contribution in [3.63, 3.8) is 0 Å². The van der Waals surface area contributed by atoms with Crippen LogP contribution in [0.3, 0.4) is 0 Å². The van der Waals surface area contributed by atoms with Gasteiger partial charge in [0.15, 0.2) is 18.2 Å². The zero-order valence-electron chi connectivity index (χ0n) is 30.6. The lowest BCUT2D eigenvalue weighted by molar-refractivity contribution is -0.133. The van der Waals surface area contributed by atoms with Crippen molar-refractivity contribution in [2.45, 2.75) is 37.3 Å². The second-order valence-corrected chi connectivity index (χ2v) is 14.3. The molecule has 0 aliphatic carbocycles. The molecule has 3 fully saturated rings. The second kappa shape index (κ2) is 15.9. The molecular weight excluding hydrogens is 757 g/mol. The van der Waals surface area contributed by atoms with E-state index < -0.39 is 47.7 Å². The van der Waals surface area contributed by atoms with E-state index in [1.54, 1.807) is 42.3 Å². The molecule has 7 rings (SSSR count). The first-order valence-electron chi connectivity index (χ1n) is 18.1. The van der Waals surface area contributed by atoms with Gasteiger partial charge in [0.05, 0.1) is 30.0 Å². The smallest absolute Gasteiger partial charge is 0.293 e. The molecule has 56 heavy (non-hydrogen) atoms. The number of carbonyl (C=O) groups excluding carboxylic acids is 3. The molecule has 5 heterocycles. The molecule has 0 saturated carbocycles. The van der Waals surface area contributed by atoms with Crippen molar-refractivity contribution < 1.29 is 32.3 Å². The van der Waals surface area contributed by atoms with Crippen molar-refractivity contribution in [2.24, 2.45) is 7.05 Å². The number of nitrogens with one attached hydrogen (secondary N) is 4. The number of pyridine rings is 1. The summed E-state index contributed by atoms with van der Waals surface area (Å²) in [6.45, 7) is 0.634. The van der Waals surface area contributed by atoms with Gasteiger partial charge in [-0.3, -0.25) is 29.4 Å². The molecule has 0 bridgehead atoms. The van der Waals surface area contributed by atoms with E-state index in [4.69, 9.17) is 16.3 Å². The van der Waals surface area contributed by atoms with E-state index >= 15 is 13.2 Å². The first-order valence-corrected chi connectivity index (χ1v) is 18.5. The highest BCUT2D eigenvalue weighted by molar-refractivity contribution is 6.33. The van der Waals surface area contributed by atoms with E-state index in [-0.39, 0.29) is 54.4 Å². The summed E-state index contributed by atoms with van der Waals surface area (Å²) in [5.41, 5.74) is 1.49. The normalized spacial score (nSPS) is 20.1. The quantitative estimate of drug-likeness (QED) is 0.174. The summed E-state index contributed by atoms with van der Waals surface area (Å²) >= 11 is 6.44. The van der Waals surface area contributed by atoms with Crippen LogP contribution < -0.4 is 41.4 Å². The number of hydrogen-bond donors (Lipinski definition) is 4. The number of likely N-dealkylation sites (N-methyl/N-ethyl adjacent to an activating group) is 1. The Balaban J connectivity index is 0.973. The van der Waals surface area contributed by atoms with E-state index in [1.807, 2.05) is 4.90 Å². The van der Waals surface area contributed by atoms with Gasteiger partial charge in [0, 0.05) is 70.0 Å². The Kier molecular flexibility index (Phi) is 10.9. The lowest BCUT2D eigenvalue weighted by Crippen LogP contribution is -2.62. The molecule has 2 aromatic heterocycles. The van der Waals surface area contributed by atoms with Crippen LogP contribution in [0, 0.1) is 5.82 Å². The molecule has 0 radical (unpaired) electrons. The summed E-state index contributed by atoms with van der Waals surface area (Å²) in [7, 11) is 3.05. The summed E-state index contributed by atoms with van der Waals surface area (Å²) in [5.74, 6) is -4.52. The maximum atomic E-state index is 15.9. The van der Waals surface area contributed by atoms with Crippen LogP contribution in [0.4, 0.5) is 42.0 Å². The van der Waals surface area contributed by atoms with Crippen LogP contribution in [0.15, 0.2) is 53.5 Å². The minimum Gasteiger partial charge on any atom is -0.478 e. The molecule has 4 N–H and O–H groups in total. The molecule has 0 spiro atoms. The summed E-state index contributed by atoms with van der Waals surface area (Å²) in [6, 6.07) is 9.60. The SMILES string of the molecule is CNC(=O)COc1cc2cc(Nc3nc(N4CC[C@@H](N5CCN(c6ccc(N[C@@H]7CCC(=O)NC7=O)cc6F)CC5)C(F)(F)C4)ncc3Cl)ccc2n(C)c1=O. The highest BCUT2D eigenvalue weighted by Crippen LogP contribution is 2.35. The summed E-state index contributed by atoms with van der Waals surface area (Å²) in [5, 5.41) is 11.6. The second-order valence-electron chi connectivity index (χ2n) is 13.9. The van der Waals surface area contributed by atoms with Crippen LogP contribution in [0.5, 0.6) is 5.75 Å². The highest BCUT2D eigenvalue weighted by Gasteiger charge is 2.48. The maximum absolute atomic E-state index is 15.9. The van der Waals surface area contributed by atoms with Crippen LogP contribution >= 0.6 is 11.6 Å². The number of piperidine rings is 2. The molecule has 15 nitrogen and oxygen atoms in total. The van der Waals surface area contributed by atoms with Crippen LogP contribution in [0.25, 0.3) is 10.9 Å². The van der Waals surface area contributed by atoms with Gasteiger partial charge in [-0.05, 0) is 55.3 Å². The molecule has 2 aromatic carbocycles. The van der Waals surface area contributed by atoms with Crippen molar-refractivity contribution in [1.29, 1.82) is 0 Å². The number of imide groups is 1. The average molecular weight is 797 g/mol. The van der Waals surface area contributed by atoms with E-state index in [2.05, 4.69) is 31.2 Å². The van der Waals surface area contributed by atoms with Gasteiger partial charge in [-0.25, -0.2) is 18.2 Å². The Hall–Kier alpha value is -5.62. The van der Waals surface area contributed by atoms with Crippen molar-refractivity contribution in [1.82, 2.24) is 30.1 Å². The molecule has 3 aliphatic rings. The highest BCUT2D eigenvalue weighted by atomic mass is 35.5. The summed E-state index contributed by atoms with van der Waals surface area (Å²) in [6.07, 6.45) is 2.00. The van der Waals surface area contributed by atoms with Crippen LogP contribution in [-0.2, 0) is 21.4 Å². The topological polar surface area (TPSA) is 166 Å². The number of nitrogens with zero attached hydrogens (tertiary/aromatic N) is 6. The molecule has 0 unspecified atom stereocenters. The number of rotatable bonds is 10. The number of ether oxygens (including phenoxy) is 1. The molecule has 3 saturated heterocycles. The number of amides is 3. The van der Waals surface area contributed by atoms with Gasteiger partial charge in [-0.1, -0.05) is 11.6 Å². The van der Waals surface area contributed by atoms with E-state index in [0.29, 0.717) is 60.6 Å². The Bertz CT molecular complexity index is 2240. The van der Waals surface area contributed by atoms with Crippen LogP contribution in [-0.4, -0.2) is 108 Å². The van der Waals surface area contributed by atoms with Crippen LogP contribution in [0.1, 0.15) is 19.3 Å². The number of aromatic nitrogens is 3. The minimum absolute atomic E-state index is 0.00362. The molecule has 19 heteroatoms. The lowest BCUT2D eigenvalue weighted by Gasteiger charge is -2.46. The molecule has 3 amide bonds. The molecule has 3 aliphatic heterocycles. The van der Waals surface area contributed by atoms with Gasteiger partial charge in [0.1, 0.15) is 16.9 Å². The standard InChI is InChI=1S/C37H40ClF3N10O5/c1-42-32(53)19-56-29-16-21-15-22(3-6-27(21)48(2)35(29)55)45-33-24(38)18-43-36(47-33)51-10-9-30(37(40,41)20-51)50-13-11-49(12-14-50)28-7-4-23(17-25(28)39)44-26-5-8-31(52)46-34(26)54/h3-4,6-7,15-18,26,30,44H,5,8-14,19-20H2,1-2H3,(H,42,53)(H,43,45,47)(H,46,52,54)/t26-,30-/m1/s1. The van der Waals surface area contributed by atoms with Crippen molar-refractivity contribution >= 4 is 69.1 Å². The van der Waals surface area contributed by atoms with E-state index in [0.717, 1.165) is 0 Å². The lowest BCUT2D eigenvalue weighted by atomic mass is 9.98. The van der Waals surface area contributed by atoms with E-state index in [9.17, 15) is 19.2 Å². The Morgan fingerprint density at radius 3 is 2.50 bits per heavy atom. The number of anilines is 5. The van der Waals surface area contributed by atoms with Gasteiger partial charge >= 0.3 is 0 Å². The maximum Gasteiger partial charge on any atom is 0.293 e. The number of benzene rings is 2. The van der Waals surface area contributed by atoms with Crippen molar-refractivity contribution in [3.05, 3.63) is 69.9 Å². The predicted molar refractivity (Wildman–Crippen MR) is 205 cm³/mol. The van der Waals surface area contributed by atoms with Crippen molar-refractivity contribution in [3.8, 4) is 5.75 Å². The molecule has 2 atom stereocenters. The molecule has 296 valence electrons. The summed E-state index contributed by atoms with van der Waals surface area (Å²) < 4.78 is 53.9. The number of carbonyl (C=O) groups is 3. The minimum atomic E-state index is -3.11. The number of halogens is 4. The average Bonchev–Trinajstić information content (AvgIpc) is 3.17. The zero-order chi connectivity index (χ0) is 39.7. The Morgan fingerprint density at radius 1 is 1.02 bits per heavy atom. The fourth-order valence-corrected chi connectivity index (χ4v) is 7.43. The fraction of sp³-hybridized carbons (Fsp3) is 0.405. The number of fused-ring (bicyclic) bond motifs is 1. The van der Waals surface area contributed by atoms with Gasteiger partial charge in [0.25, 0.3) is 17.4 Å². The molecular formula is C37H40ClF3N10O5. The number of alkyl halides is 2. The van der Waals surface area contributed by atoms with Gasteiger partial charge in [-0.15, -0.1) is 0 Å². The first-order chi connectivity index (χ1) is 26.8. The van der Waals surface area contributed by atoms with Gasteiger partial charge in [0.2, 0.25) is 17.8 Å². The zero-order valence-corrected chi connectivity index (χ0v) is 31.3. The third-order valence-corrected chi connectivity index (χ3v) is 10.6. The Morgan fingerprint density at radius 2 is 1.79 bits per heavy atom. The predicted octanol–water partition coefficient (Wildman–Crippen LogP) is 3.24. The Labute approximate surface area is 324 Å². The van der Waals surface area contributed by atoms with Crippen molar-refractivity contribution in [2.75, 3.05) is 73.4 Å². The largest absolute Gasteiger partial charge is 0.478 e. The third-order valence-electron chi connectivity index (χ3n) is 10.3. The summed E-state index contributed by atoms with van der Waals surface area (Å²) in [4.78, 5) is 61.7. The van der Waals surface area contributed by atoms with Crippen LogP contribution in [0.2, 0.25) is 5.02 Å². The number of hydrogen-bond acceptors (Lipinski definition) is 12.